The normalized spacial score (nSPS) is 19.0. The van der Waals surface area contributed by atoms with Crippen LogP contribution in [0.2, 0.25) is 10.2 Å². The summed E-state index contributed by atoms with van der Waals surface area (Å²) in [6.07, 6.45) is 2.26. The molecule has 0 bridgehead atoms. The van der Waals surface area contributed by atoms with Gasteiger partial charge in [-0.1, -0.05) is 35.3 Å². The molecule has 1 fully saturated rings. The first-order chi connectivity index (χ1) is 12.0. The lowest BCUT2D eigenvalue weighted by atomic mass is 10.0. The van der Waals surface area contributed by atoms with Crippen LogP contribution in [0.4, 0.5) is 0 Å². The Hall–Kier alpha value is -2.44. The summed E-state index contributed by atoms with van der Waals surface area (Å²) in [5, 5.41) is 8.97. The van der Waals surface area contributed by atoms with E-state index in [1.165, 1.54) is 11.8 Å². The third-order valence-electron chi connectivity index (χ3n) is 4.36. The van der Waals surface area contributed by atoms with E-state index in [1.807, 2.05) is 24.3 Å². The third-order valence-corrected chi connectivity index (χ3v) is 4.91. The highest BCUT2D eigenvalue weighted by molar-refractivity contribution is 6.30. The van der Waals surface area contributed by atoms with Crippen LogP contribution in [0.5, 0.6) is 0 Å². The van der Waals surface area contributed by atoms with E-state index in [2.05, 4.69) is 20.2 Å². The quantitative estimate of drug-likeness (QED) is 0.736. The van der Waals surface area contributed by atoms with Gasteiger partial charge in [-0.25, -0.2) is 4.79 Å². The monoisotopic (exact) mass is 374 g/mol. The maximum absolute atomic E-state index is 12.0. The zero-order valence-corrected chi connectivity index (χ0v) is 14.3. The van der Waals surface area contributed by atoms with Crippen LogP contribution in [-0.4, -0.2) is 20.2 Å². The fourth-order valence-corrected chi connectivity index (χ4v) is 3.36. The van der Waals surface area contributed by atoms with E-state index >= 15 is 0 Å². The molecule has 1 saturated carbocycles. The van der Waals surface area contributed by atoms with Gasteiger partial charge in [-0.15, -0.1) is 10.2 Å². The molecule has 0 aliphatic heterocycles. The minimum Gasteiger partial charge on any atom is -0.313 e. The zero-order valence-electron chi connectivity index (χ0n) is 12.8. The Bertz CT molecular complexity index is 1060. The number of H-pyrrole nitrogens is 2. The average Bonchev–Trinajstić information content (AvgIpc) is 3.37. The first-order valence-corrected chi connectivity index (χ1v) is 8.39. The molecule has 2 N–H and O–H groups in total. The minimum absolute atomic E-state index is 0.213. The van der Waals surface area contributed by atoms with Crippen LogP contribution in [0.25, 0.3) is 11.3 Å². The van der Waals surface area contributed by atoms with Crippen molar-refractivity contribution in [1.29, 1.82) is 0 Å². The molecule has 126 valence electrons. The maximum atomic E-state index is 12.0. The smallest absolute Gasteiger partial charge is 0.313 e. The van der Waals surface area contributed by atoms with E-state index in [1.54, 1.807) is 6.07 Å². The lowest BCUT2D eigenvalue weighted by Crippen LogP contribution is -2.23. The first kappa shape index (κ1) is 16.1. The fraction of sp³-hybridized carbons (Fsp3) is 0.176. The van der Waals surface area contributed by atoms with Gasteiger partial charge in [0.25, 0.3) is 5.56 Å². The molecule has 1 aromatic carbocycles. The molecule has 0 unspecified atom stereocenters. The lowest BCUT2D eigenvalue weighted by molar-refractivity contribution is 0.952. The van der Waals surface area contributed by atoms with Crippen molar-refractivity contribution in [2.45, 2.75) is 18.3 Å². The van der Waals surface area contributed by atoms with Crippen molar-refractivity contribution >= 4 is 23.2 Å². The second-order valence-electron chi connectivity index (χ2n) is 5.96. The van der Waals surface area contributed by atoms with E-state index in [-0.39, 0.29) is 11.5 Å². The van der Waals surface area contributed by atoms with E-state index in [0.717, 1.165) is 12.0 Å². The van der Waals surface area contributed by atoms with Crippen LogP contribution < -0.4 is 11.2 Å². The van der Waals surface area contributed by atoms with Crippen molar-refractivity contribution in [2.24, 2.45) is 0 Å². The van der Waals surface area contributed by atoms with Crippen molar-refractivity contribution in [3.05, 3.63) is 78.7 Å². The Morgan fingerprint density at radius 3 is 2.52 bits per heavy atom. The molecule has 2 aromatic heterocycles. The summed E-state index contributed by atoms with van der Waals surface area (Å²) in [5.41, 5.74) is 1.56. The predicted molar refractivity (Wildman–Crippen MR) is 95.3 cm³/mol. The second kappa shape index (κ2) is 6.13. The van der Waals surface area contributed by atoms with E-state index < -0.39 is 11.2 Å². The van der Waals surface area contributed by atoms with Crippen molar-refractivity contribution in [1.82, 2.24) is 20.2 Å². The molecule has 3 aromatic rings. The molecule has 25 heavy (non-hydrogen) atoms. The van der Waals surface area contributed by atoms with E-state index in [0.29, 0.717) is 21.8 Å². The number of aromatic amines is 2. The molecule has 2 atom stereocenters. The molecule has 2 heterocycles. The Morgan fingerprint density at radius 2 is 1.80 bits per heavy atom. The highest BCUT2D eigenvalue weighted by Gasteiger charge is 2.41. The lowest BCUT2D eigenvalue weighted by Gasteiger charge is -2.06. The Kier molecular flexibility index (Phi) is 3.94. The van der Waals surface area contributed by atoms with Crippen molar-refractivity contribution in [2.75, 3.05) is 0 Å². The molecule has 0 saturated heterocycles. The Labute approximate surface area is 151 Å². The highest BCUT2D eigenvalue weighted by Crippen LogP contribution is 2.56. The van der Waals surface area contributed by atoms with Gasteiger partial charge in [0, 0.05) is 11.2 Å². The highest BCUT2D eigenvalue weighted by atomic mass is 35.5. The zero-order chi connectivity index (χ0) is 17.6. The molecule has 4 rings (SSSR count). The van der Waals surface area contributed by atoms with Gasteiger partial charge >= 0.3 is 5.69 Å². The molecule has 6 nitrogen and oxygen atoms in total. The summed E-state index contributed by atoms with van der Waals surface area (Å²) in [5.74, 6) is 0.547. The van der Waals surface area contributed by atoms with E-state index in [9.17, 15) is 9.59 Å². The summed E-state index contributed by atoms with van der Waals surface area (Å²) in [6.45, 7) is 0. The topological polar surface area (TPSA) is 91.5 Å². The van der Waals surface area contributed by atoms with Gasteiger partial charge in [-0.3, -0.25) is 9.78 Å². The number of rotatable bonds is 3. The Morgan fingerprint density at radius 1 is 1.04 bits per heavy atom. The molecular formula is C17H12Cl2N4O2. The van der Waals surface area contributed by atoms with Crippen LogP contribution in [0.1, 0.15) is 29.4 Å². The van der Waals surface area contributed by atoms with Gasteiger partial charge in [0.1, 0.15) is 5.69 Å². The number of hydrogen-bond acceptors (Lipinski definition) is 4. The second-order valence-corrected chi connectivity index (χ2v) is 6.76. The van der Waals surface area contributed by atoms with Gasteiger partial charge in [0.2, 0.25) is 0 Å². The van der Waals surface area contributed by atoms with Crippen LogP contribution in [0, 0.1) is 0 Å². The molecule has 0 spiro atoms. The molecule has 0 radical (unpaired) electrons. The Balaban J connectivity index is 1.68. The predicted octanol–water partition coefficient (Wildman–Crippen LogP) is 3.10. The van der Waals surface area contributed by atoms with Crippen LogP contribution >= 0.6 is 23.2 Å². The van der Waals surface area contributed by atoms with Gasteiger partial charge in [0.05, 0.1) is 5.56 Å². The fourth-order valence-electron chi connectivity index (χ4n) is 3.00. The summed E-state index contributed by atoms with van der Waals surface area (Å²) in [6, 6.07) is 9.50. The molecule has 8 heteroatoms. The van der Waals surface area contributed by atoms with Crippen molar-refractivity contribution in [3.8, 4) is 11.3 Å². The number of nitrogens with one attached hydrogen (secondary N) is 2. The average molecular weight is 375 g/mol. The number of halogens is 2. The summed E-state index contributed by atoms with van der Waals surface area (Å²) >= 11 is 12.2. The van der Waals surface area contributed by atoms with Gasteiger partial charge < -0.3 is 4.98 Å². The summed E-state index contributed by atoms with van der Waals surface area (Å²) in [7, 11) is 0. The van der Waals surface area contributed by atoms with Crippen molar-refractivity contribution < 1.29 is 0 Å². The van der Waals surface area contributed by atoms with Crippen molar-refractivity contribution in [3.63, 3.8) is 0 Å². The molecule has 0 amide bonds. The SMILES string of the molecule is O=c1[nH]cc(-c2cc([C@H]3C[C@@H]3c3ccc(Cl)cc3)c(Cl)nn2)c(=O)[nH]1. The van der Waals surface area contributed by atoms with Crippen LogP contribution in [-0.2, 0) is 0 Å². The number of hydrogen-bond donors (Lipinski definition) is 2. The third kappa shape index (κ3) is 3.10. The van der Waals surface area contributed by atoms with Crippen LogP contribution in [0.3, 0.4) is 0 Å². The maximum Gasteiger partial charge on any atom is 0.325 e. The molecular weight excluding hydrogens is 363 g/mol. The van der Waals surface area contributed by atoms with Gasteiger partial charge in [0.15, 0.2) is 5.15 Å². The number of benzene rings is 1. The minimum atomic E-state index is -0.569. The van der Waals surface area contributed by atoms with E-state index in [4.69, 9.17) is 23.2 Å². The van der Waals surface area contributed by atoms with Gasteiger partial charge in [-0.05, 0) is 47.6 Å². The number of aromatic nitrogens is 4. The number of nitrogens with zero attached hydrogens (tertiary/aromatic N) is 2. The first-order valence-electron chi connectivity index (χ1n) is 7.64. The molecule has 1 aliphatic carbocycles. The van der Waals surface area contributed by atoms with Crippen LogP contribution in [0.15, 0.2) is 46.1 Å². The summed E-state index contributed by atoms with van der Waals surface area (Å²) < 4.78 is 0. The standard InChI is InChI=1S/C17H12Cl2N4O2/c18-9-3-1-8(2-4-9)10-5-11(10)12-6-14(22-23-15(12)19)13-7-20-17(25)21-16(13)24/h1-4,6-7,10-11H,5H2,(H2,20,21,24,25)/t10-,11+/m1/s1. The van der Waals surface area contributed by atoms with Gasteiger partial charge in [-0.2, -0.15) is 0 Å². The molecule has 1 aliphatic rings. The summed E-state index contributed by atoms with van der Waals surface area (Å²) in [4.78, 5) is 27.7. The largest absolute Gasteiger partial charge is 0.325 e.